The number of ether oxygens (including phenoxy) is 2. The molecule has 0 aliphatic carbocycles. The average Bonchev–Trinajstić information content (AvgIpc) is 2.74. The molecule has 160 valence electrons. The number of fused-ring (bicyclic) bond motifs is 1. The second-order valence-corrected chi connectivity index (χ2v) is 9.75. The Morgan fingerprint density at radius 3 is 2.33 bits per heavy atom. The summed E-state index contributed by atoms with van der Waals surface area (Å²) in [6.07, 6.45) is 0. The van der Waals surface area contributed by atoms with Gasteiger partial charge in [0.05, 0.1) is 4.92 Å². The number of benzene rings is 2. The molecule has 0 bridgehead atoms. The third-order valence-electron chi connectivity index (χ3n) is 5.12. The molecule has 2 heterocycles. The Labute approximate surface area is 182 Å². The smallest absolute Gasteiger partial charge is 0.289 e. The summed E-state index contributed by atoms with van der Waals surface area (Å²) in [6, 6.07) is 9.28. The summed E-state index contributed by atoms with van der Waals surface area (Å²) in [7, 11) is -3.94. The first-order valence-corrected chi connectivity index (χ1v) is 11.6. The molecule has 0 saturated carbocycles. The Bertz CT molecular complexity index is 1070. The van der Waals surface area contributed by atoms with E-state index < -0.39 is 20.6 Å². The van der Waals surface area contributed by atoms with Gasteiger partial charge in [0.1, 0.15) is 13.2 Å². The normalized spacial score (nSPS) is 17.6. The average molecular weight is 498 g/mol. The summed E-state index contributed by atoms with van der Waals surface area (Å²) in [4.78, 5) is 12.4. The summed E-state index contributed by atoms with van der Waals surface area (Å²) >= 11 is 3.57. The number of piperazine rings is 1. The van der Waals surface area contributed by atoms with Crippen molar-refractivity contribution in [3.63, 3.8) is 0 Å². The second kappa shape index (κ2) is 8.50. The number of para-hydroxylation sites is 1. The van der Waals surface area contributed by atoms with Gasteiger partial charge in [0.2, 0.25) is 10.0 Å². The Morgan fingerprint density at radius 1 is 1.03 bits per heavy atom. The van der Waals surface area contributed by atoms with Crippen molar-refractivity contribution in [2.24, 2.45) is 0 Å². The molecule has 11 heteroatoms. The van der Waals surface area contributed by atoms with E-state index in [1.165, 1.54) is 28.6 Å². The molecular weight excluding hydrogens is 478 g/mol. The lowest BCUT2D eigenvalue weighted by atomic mass is 10.1. The van der Waals surface area contributed by atoms with E-state index in [2.05, 4.69) is 20.8 Å². The molecule has 30 heavy (non-hydrogen) atoms. The lowest BCUT2D eigenvalue weighted by molar-refractivity contribution is -0.387. The maximum Gasteiger partial charge on any atom is 0.289 e. The van der Waals surface area contributed by atoms with Gasteiger partial charge in [0, 0.05) is 43.3 Å². The van der Waals surface area contributed by atoms with Crippen molar-refractivity contribution in [1.82, 2.24) is 9.21 Å². The highest BCUT2D eigenvalue weighted by atomic mass is 79.9. The van der Waals surface area contributed by atoms with E-state index in [0.717, 1.165) is 10.0 Å². The predicted octanol–water partition coefficient (Wildman–Crippen LogP) is 2.64. The molecule has 0 N–H and O–H groups in total. The lowest BCUT2D eigenvalue weighted by Crippen LogP contribution is -2.48. The van der Waals surface area contributed by atoms with Gasteiger partial charge in [-0.05, 0) is 23.8 Å². The molecule has 2 aromatic carbocycles. The summed E-state index contributed by atoms with van der Waals surface area (Å²) in [5.41, 5.74) is 0.620. The molecule has 2 aromatic rings. The van der Waals surface area contributed by atoms with Crippen molar-refractivity contribution < 1.29 is 22.8 Å². The number of hydrogen-bond donors (Lipinski definition) is 0. The van der Waals surface area contributed by atoms with E-state index in [1.54, 1.807) is 0 Å². The summed E-state index contributed by atoms with van der Waals surface area (Å²) in [6.45, 7) is 3.20. The van der Waals surface area contributed by atoms with Gasteiger partial charge in [-0.3, -0.25) is 15.0 Å². The topological polar surface area (TPSA) is 102 Å². The molecule has 1 saturated heterocycles. The van der Waals surface area contributed by atoms with Crippen molar-refractivity contribution in [2.75, 3.05) is 39.4 Å². The first kappa shape index (κ1) is 21.0. The Kier molecular flexibility index (Phi) is 5.96. The maximum absolute atomic E-state index is 13.0. The fourth-order valence-corrected chi connectivity index (χ4v) is 5.59. The van der Waals surface area contributed by atoms with Gasteiger partial charge < -0.3 is 9.47 Å². The SMILES string of the molecule is O=[N+]([O-])c1ccccc1S(=O)(=O)N1CCN(Cc2cc3c(cc2Br)OCCO3)CC1. The molecule has 2 aliphatic rings. The minimum absolute atomic E-state index is 0.260. The monoisotopic (exact) mass is 497 g/mol. The van der Waals surface area contributed by atoms with Crippen LogP contribution in [0, 0.1) is 10.1 Å². The minimum atomic E-state index is -3.94. The van der Waals surface area contributed by atoms with E-state index in [-0.39, 0.29) is 18.0 Å². The van der Waals surface area contributed by atoms with Crippen molar-refractivity contribution >= 4 is 31.6 Å². The number of nitro benzene ring substituents is 1. The van der Waals surface area contributed by atoms with Crippen LogP contribution in [0.25, 0.3) is 0 Å². The van der Waals surface area contributed by atoms with Crippen LogP contribution in [0.1, 0.15) is 5.56 Å². The standard InChI is InChI=1S/C19H20BrN3O6S/c20-15-12-18-17(28-9-10-29-18)11-14(15)13-21-5-7-22(8-6-21)30(26,27)19-4-2-1-3-16(19)23(24)25/h1-4,11-12H,5-10,13H2. The van der Waals surface area contributed by atoms with Gasteiger partial charge in [0.15, 0.2) is 16.4 Å². The highest BCUT2D eigenvalue weighted by Crippen LogP contribution is 2.36. The van der Waals surface area contributed by atoms with Crippen LogP contribution in [0.3, 0.4) is 0 Å². The third-order valence-corrected chi connectivity index (χ3v) is 7.80. The quantitative estimate of drug-likeness (QED) is 0.462. The zero-order valence-electron chi connectivity index (χ0n) is 16.0. The van der Waals surface area contributed by atoms with Crippen LogP contribution in [0.15, 0.2) is 45.8 Å². The van der Waals surface area contributed by atoms with Crippen LogP contribution in [-0.2, 0) is 16.6 Å². The van der Waals surface area contributed by atoms with E-state index in [9.17, 15) is 18.5 Å². The van der Waals surface area contributed by atoms with Gasteiger partial charge >= 0.3 is 0 Å². The zero-order chi connectivity index (χ0) is 21.3. The number of hydrogen-bond acceptors (Lipinski definition) is 7. The molecule has 0 amide bonds. The van der Waals surface area contributed by atoms with Gasteiger partial charge in [0.25, 0.3) is 5.69 Å². The first-order chi connectivity index (χ1) is 14.4. The molecule has 2 aliphatic heterocycles. The van der Waals surface area contributed by atoms with Gasteiger partial charge in [-0.2, -0.15) is 4.31 Å². The molecular formula is C19H20BrN3O6S. The van der Waals surface area contributed by atoms with Gasteiger partial charge in [-0.1, -0.05) is 28.1 Å². The maximum atomic E-state index is 13.0. The highest BCUT2D eigenvalue weighted by molar-refractivity contribution is 9.10. The van der Waals surface area contributed by atoms with E-state index in [4.69, 9.17) is 9.47 Å². The molecule has 0 aromatic heterocycles. The number of nitrogens with zero attached hydrogens (tertiary/aromatic N) is 3. The summed E-state index contributed by atoms with van der Waals surface area (Å²) in [5.74, 6) is 1.41. The largest absolute Gasteiger partial charge is 0.486 e. The van der Waals surface area contributed by atoms with Gasteiger partial charge in [-0.15, -0.1) is 0 Å². The summed E-state index contributed by atoms with van der Waals surface area (Å²) < 4.78 is 39.4. The van der Waals surface area contributed by atoms with Crippen molar-refractivity contribution in [1.29, 1.82) is 0 Å². The van der Waals surface area contributed by atoms with Crippen molar-refractivity contribution in [3.8, 4) is 11.5 Å². The van der Waals surface area contributed by atoms with Crippen LogP contribution in [0.5, 0.6) is 11.5 Å². The summed E-state index contributed by atoms with van der Waals surface area (Å²) in [5, 5.41) is 11.2. The van der Waals surface area contributed by atoms with Crippen LogP contribution >= 0.6 is 15.9 Å². The van der Waals surface area contributed by atoms with E-state index in [1.807, 2.05) is 12.1 Å². The second-order valence-electron chi connectivity index (χ2n) is 6.99. The number of nitro groups is 1. The predicted molar refractivity (Wildman–Crippen MR) is 112 cm³/mol. The Balaban J connectivity index is 1.45. The molecule has 0 spiro atoms. The highest BCUT2D eigenvalue weighted by Gasteiger charge is 2.33. The Hall–Kier alpha value is -2.21. The van der Waals surface area contributed by atoms with Crippen molar-refractivity contribution in [2.45, 2.75) is 11.4 Å². The first-order valence-electron chi connectivity index (χ1n) is 9.40. The fraction of sp³-hybridized carbons (Fsp3) is 0.368. The number of rotatable bonds is 5. The minimum Gasteiger partial charge on any atom is -0.486 e. The fourth-order valence-electron chi connectivity index (χ4n) is 3.56. The molecule has 4 rings (SSSR count). The van der Waals surface area contributed by atoms with Crippen LogP contribution in [0.2, 0.25) is 0 Å². The van der Waals surface area contributed by atoms with E-state index >= 15 is 0 Å². The molecule has 0 radical (unpaired) electrons. The Morgan fingerprint density at radius 2 is 1.67 bits per heavy atom. The molecule has 0 unspecified atom stereocenters. The van der Waals surface area contributed by atoms with Crippen molar-refractivity contribution in [3.05, 3.63) is 56.5 Å². The van der Waals surface area contributed by atoms with E-state index in [0.29, 0.717) is 44.3 Å². The number of sulfonamides is 1. The molecule has 1 fully saturated rings. The van der Waals surface area contributed by atoms with Crippen LogP contribution in [-0.4, -0.2) is 61.9 Å². The lowest BCUT2D eigenvalue weighted by Gasteiger charge is -2.34. The third kappa shape index (κ3) is 4.15. The zero-order valence-corrected chi connectivity index (χ0v) is 18.4. The van der Waals surface area contributed by atoms with Gasteiger partial charge in [-0.25, -0.2) is 8.42 Å². The number of halogens is 1. The molecule has 0 atom stereocenters. The van der Waals surface area contributed by atoms with Crippen LogP contribution < -0.4 is 9.47 Å². The molecule has 9 nitrogen and oxygen atoms in total. The van der Waals surface area contributed by atoms with Crippen LogP contribution in [0.4, 0.5) is 5.69 Å².